The minimum absolute atomic E-state index is 0.161. The molecule has 2 aromatic heterocycles. The Hall–Kier alpha value is -4.00. The van der Waals surface area contributed by atoms with Crippen LogP contribution in [0.25, 0.3) is 5.82 Å². The van der Waals surface area contributed by atoms with Gasteiger partial charge in [-0.1, -0.05) is 18.2 Å². The first kappa shape index (κ1) is 19.3. The van der Waals surface area contributed by atoms with Crippen LogP contribution in [0.3, 0.4) is 0 Å². The molecule has 2 heterocycles. The first-order valence-electron chi connectivity index (χ1n) is 9.50. The molecular weight excluding hydrogens is 378 g/mol. The fraction of sp³-hybridized carbons (Fsp3) is 0.130. The summed E-state index contributed by atoms with van der Waals surface area (Å²) in [4.78, 5) is 25.4. The number of hydrogen-bond acceptors (Lipinski definition) is 5. The van der Waals surface area contributed by atoms with Gasteiger partial charge in [0.05, 0.1) is 5.69 Å². The van der Waals surface area contributed by atoms with Crippen LogP contribution in [0.2, 0.25) is 0 Å². The summed E-state index contributed by atoms with van der Waals surface area (Å²) in [6.07, 6.45) is 1.74. The van der Waals surface area contributed by atoms with Gasteiger partial charge in [0.1, 0.15) is 23.7 Å². The highest BCUT2D eigenvalue weighted by atomic mass is 16.5. The van der Waals surface area contributed by atoms with Gasteiger partial charge in [-0.3, -0.25) is 9.36 Å². The summed E-state index contributed by atoms with van der Waals surface area (Å²) in [5, 5.41) is 2.87. The molecule has 0 aliphatic carbocycles. The maximum Gasteiger partial charge on any atom is 0.255 e. The van der Waals surface area contributed by atoms with Crippen LogP contribution >= 0.6 is 0 Å². The van der Waals surface area contributed by atoms with E-state index in [4.69, 9.17) is 4.74 Å². The topological polar surface area (TPSA) is 81.9 Å². The zero-order chi connectivity index (χ0) is 21.1. The zero-order valence-corrected chi connectivity index (χ0v) is 17.0. The smallest absolute Gasteiger partial charge is 0.255 e. The average Bonchev–Trinajstić information content (AvgIpc) is 3.08. The largest absolute Gasteiger partial charge is 0.439 e. The molecule has 0 spiro atoms. The van der Waals surface area contributed by atoms with Crippen LogP contribution < -0.4 is 10.1 Å². The lowest BCUT2D eigenvalue weighted by Crippen LogP contribution is -2.11. The average molecular weight is 399 g/mol. The Kier molecular flexibility index (Phi) is 5.26. The van der Waals surface area contributed by atoms with E-state index < -0.39 is 0 Å². The number of aromatic nitrogens is 4. The highest BCUT2D eigenvalue weighted by Gasteiger charge is 2.10. The molecule has 0 radical (unpaired) electrons. The summed E-state index contributed by atoms with van der Waals surface area (Å²) in [5.74, 6) is 2.17. The zero-order valence-electron chi connectivity index (χ0n) is 17.0. The monoisotopic (exact) mass is 399 g/mol. The van der Waals surface area contributed by atoms with Gasteiger partial charge in [-0.2, -0.15) is 4.98 Å². The Labute approximate surface area is 174 Å². The number of carbonyl (C=O) groups excluding carboxylic acids is 1. The third kappa shape index (κ3) is 4.20. The summed E-state index contributed by atoms with van der Waals surface area (Å²) in [7, 11) is 0. The highest BCUT2D eigenvalue weighted by Crippen LogP contribution is 2.24. The standard InChI is InChI=1S/C23H21N5O2/c1-15-16(2)28(14-24-15)21-13-22(26-17(3)25-21)30-20-11-9-19(10-12-20)27-23(29)18-7-5-4-6-8-18/h4-14H,1-3H3,(H,27,29). The maximum atomic E-state index is 12.3. The second-order valence-electron chi connectivity index (χ2n) is 6.84. The Morgan fingerprint density at radius 2 is 1.70 bits per heavy atom. The number of aryl methyl sites for hydroxylation is 2. The van der Waals surface area contributed by atoms with Crippen LogP contribution in [0.5, 0.6) is 11.6 Å². The molecule has 0 atom stereocenters. The van der Waals surface area contributed by atoms with E-state index in [0.717, 1.165) is 11.4 Å². The van der Waals surface area contributed by atoms with E-state index in [1.807, 2.05) is 43.5 Å². The van der Waals surface area contributed by atoms with Gasteiger partial charge in [0, 0.05) is 23.0 Å². The lowest BCUT2D eigenvalue weighted by molar-refractivity contribution is 0.102. The second kappa shape index (κ2) is 8.16. The first-order chi connectivity index (χ1) is 14.5. The van der Waals surface area contributed by atoms with Crippen molar-refractivity contribution in [1.29, 1.82) is 0 Å². The van der Waals surface area contributed by atoms with E-state index in [-0.39, 0.29) is 5.91 Å². The molecule has 0 unspecified atom stereocenters. The molecule has 150 valence electrons. The molecule has 30 heavy (non-hydrogen) atoms. The fourth-order valence-corrected chi connectivity index (χ4v) is 2.95. The highest BCUT2D eigenvalue weighted by molar-refractivity contribution is 6.04. The molecule has 0 bridgehead atoms. The molecule has 7 heteroatoms. The minimum atomic E-state index is -0.161. The normalized spacial score (nSPS) is 10.6. The molecular formula is C23H21N5O2. The predicted molar refractivity (Wildman–Crippen MR) is 114 cm³/mol. The van der Waals surface area contributed by atoms with Gasteiger partial charge in [-0.25, -0.2) is 9.97 Å². The molecule has 4 aromatic rings. The third-order valence-electron chi connectivity index (χ3n) is 4.67. The summed E-state index contributed by atoms with van der Waals surface area (Å²) in [5.41, 5.74) is 3.24. The van der Waals surface area contributed by atoms with Crippen LogP contribution in [0.15, 0.2) is 67.0 Å². The summed E-state index contributed by atoms with van der Waals surface area (Å²) in [6.45, 7) is 5.76. The molecule has 0 saturated carbocycles. The number of imidazole rings is 1. The van der Waals surface area contributed by atoms with Crippen molar-refractivity contribution in [3.8, 4) is 17.4 Å². The summed E-state index contributed by atoms with van der Waals surface area (Å²) in [6, 6.07) is 18.0. The van der Waals surface area contributed by atoms with Gasteiger partial charge in [-0.15, -0.1) is 0 Å². The Bertz CT molecular complexity index is 1180. The van der Waals surface area contributed by atoms with Crippen LogP contribution in [-0.2, 0) is 0 Å². The number of rotatable bonds is 5. The van der Waals surface area contributed by atoms with Crippen LogP contribution in [0.4, 0.5) is 5.69 Å². The van der Waals surface area contributed by atoms with E-state index in [2.05, 4.69) is 20.3 Å². The van der Waals surface area contributed by atoms with Gasteiger partial charge in [0.15, 0.2) is 0 Å². The molecule has 0 fully saturated rings. The maximum absolute atomic E-state index is 12.3. The lowest BCUT2D eigenvalue weighted by atomic mass is 10.2. The number of nitrogens with zero attached hydrogens (tertiary/aromatic N) is 4. The lowest BCUT2D eigenvalue weighted by Gasteiger charge is -2.10. The quantitative estimate of drug-likeness (QED) is 0.529. The number of hydrogen-bond donors (Lipinski definition) is 1. The Morgan fingerprint density at radius 3 is 2.37 bits per heavy atom. The van der Waals surface area contributed by atoms with Crippen LogP contribution in [-0.4, -0.2) is 25.4 Å². The molecule has 1 N–H and O–H groups in total. The van der Waals surface area contributed by atoms with Crippen LogP contribution in [0.1, 0.15) is 27.6 Å². The summed E-state index contributed by atoms with van der Waals surface area (Å²) < 4.78 is 7.82. The van der Waals surface area contributed by atoms with E-state index in [9.17, 15) is 4.79 Å². The number of amides is 1. The Balaban J connectivity index is 1.50. The van der Waals surface area contributed by atoms with E-state index in [1.54, 1.807) is 48.8 Å². The molecule has 0 aliphatic heterocycles. The van der Waals surface area contributed by atoms with Crippen molar-refractivity contribution in [2.24, 2.45) is 0 Å². The molecule has 0 saturated heterocycles. The van der Waals surface area contributed by atoms with Gasteiger partial charge >= 0.3 is 0 Å². The second-order valence-corrected chi connectivity index (χ2v) is 6.84. The van der Waals surface area contributed by atoms with E-state index in [1.165, 1.54) is 0 Å². The summed E-state index contributed by atoms with van der Waals surface area (Å²) >= 11 is 0. The molecule has 4 rings (SSSR count). The SMILES string of the molecule is Cc1nc(Oc2ccc(NC(=O)c3ccccc3)cc2)cc(-n2cnc(C)c2C)n1. The van der Waals surface area contributed by atoms with Crippen molar-refractivity contribution >= 4 is 11.6 Å². The Morgan fingerprint density at radius 1 is 0.967 bits per heavy atom. The van der Waals surface area contributed by atoms with Gasteiger partial charge in [0.2, 0.25) is 5.88 Å². The van der Waals surface area contributed by atoms with Gasteiger partial charge in [-0.05, 0) is 57.2 Å². The number of ether oxygens (including phenoxy) is 1. The molecule has 2 aromatic carbocycles. The molecule has 7 nitrogen and oxygen atoms in total. The first-order valence-corrected chi connectivity index (χ1v) is 9.50. The van der Waals surface area contributed by atoms with Crippen molar-refractivity contribution in [3.63, 3.8) is 0 Å². The predicted octanol–water partition coefficient (Wildman–Crippen LogP) is 4.63. The van der Waals surface area contributed by atoms with Crippen molar-refractivity contribution in [2.45, 2.75) is 20.8 Å². The van der Waals surface area contributed by atoms with Gasteiger partial charge in [0.25, 0.3) is 5.91 Å². The van der Waals surface area contributed by atoms with Crippen LogP contribution in [0, 0.1) is 20.8 Å². The van der Waals surface area contributed by atoms with Crippen molar-refractivity contribution < 1.29 is 9.53 Å². The van der Waals surface area contributed by atoms with E-state index in [0.29, 0.717) is 34.5 Å². The van der Waals surface area contributed by atoms with Gasteiger partial charge < -0.3 is 10.1 Å². The number of carbonyl (C=O) groups is 1. The minimum Gasteiger partial charge on any atom is -0.439 e. The van der Waals surface area contributed by atoms with Crippen molar-refractivity contribution in [3.05, 3.63) is 89.8 Å². The van der Waals surface area contributed by atoms with E-state index >= 15 is 0 Å². The van der Waals surface area contributed by atoms with Crippen molar-refractivity contribution in [2.75, 3.05) is 5.32 Å². The van der Waals surface area contributed by atoms with Crippen molar-refractivity contribution in [1.82, 2.24) is 19.5 Å². The number of nitrogens with one attached hydrogen (secondary N) is 1. The molecule has 0 aliphatic rings. The fourth-order valence-electron chi connectivity index (χ4n) is 2.95. The number of anilines is 1. The molecule has 1 amide bonds. The number of benzene rings is 2. The third-order valence-corrected chi connectivity index (χ3v) is 4.67.